The maximum absolute atomic E-state index is 12.7. The summed E-state index contributed by atoms with van der Waals surface area (Å²) in [7, 11) is 0. The summed E-state index contributed by atoms with van der Waals surface area (Å²) in [6.07, 6.45) is 3.01. The molecule has 0 aliphatic heterocycles. The molecule has 0 aliphatic carbocycles. The van der Waals surface area contributed by atoms with Crippen molar-refractivity contribution < 1.29 is 23.9 Å². The van der Waals surface area contributed by atoms with E-state index in [1.54, 1.807) is 13.8 Å². The van der Waals surface area contributed by atoms with Gasteiger partial charge in [0.05, 0.1) is 13.2 Å². The van der Waals surface area contributed by atoms with Gasteiger partial charge in [-0.1, -0.05) is 59.7 Å². The average molecular weight is 437 g/mol. The fraction of sp³-hybridized carbons (Fsp3) is 0.240. The summed E-state index contributed by atoms with van der Waals surface area (Å²) in [5.74, 6) is -1.38. The molecule has 0 atom stereocenters. The Kier molecular flexibility index (Phi) is 9.22. The Bertz CT molecular complexity index is 924. The standard InChI is InChI=1S/C25H28N2O5/c1-5-31-23(28)21(15-19-11-7-17(3)8-12-19)26-25(30)27-22(24(29)32-6-2)16-20-13-9-18(4)10-14-20/h7-16H,5-6H2,1-4H3,(H2,26,27,30)/b21-15-,22-16-. The van der Waals surface area contributed by atoms with Crippen molar-refractivity contribution in [3.63, 3.8) is 0 Å². The van der Waals surface area contributed by atoms with E-state index in [9.17, 15) is 14.4 Å². The molecule has 2 N–H and O–H groups in total. The molecular formula is C25H28N2O5. The normalized spacial score (nSPS) is 11.5. The van der Waals surface area contributed by atoms with Gasteiger partial charge < -0.3 is 20.1 Å². The van der Waals surface area contributed by atoms with Gasteiger partial charge in [0, 0.05) is 0 Å². The first-order valence-electron chi connectivity index (χ1n) is 10.3. The maximum Gasteiger partial charge on any atom is 0.354 e. The van der Waals surface area contributed by atoms with Crippen LogP contribution in [0.3, 0.4) is 0 Å². The van der Waals surface area contributed by atoms with Crippen LogP contribution in [0.5, 0.6) is 0 Å². The Morgan fingerprint density at radius 2 is 1.03 bits per heavy atom. The number of esters is 2. The molecule has 2 amide bonds. The predicted molar refractivity (Wildman–Crippen MR) is 123 cm³/mol. The van der Waals surface area contributed by atoms with Crippen LogP contribution in [0.4, 0.5) is 4.79 Å². The van der Waals surface area contributed by atoms with E-state index in [0.717, 1.165) is 11.1 Å². The lowest BCUT2D eigenvalue weighted by Gasteiger charge is -2.13. The zero-order chi connectivity index (χ0) is 23.5. The van der Waals surface area contributed by atoms with Gasteiger partial charge in [0.1, 0.15) is 11.4 Å². The van der Waals surface area contributed by atoms with Gasteiger partial charge in [0.25, 0.3) is 0 Å². The van der Waals surface area contributed by atoms with Crippen molar-refractivity contribution in [2.45, 2.75) is 27.7 Å². The molecule has 0 saturated carbocycles. The van der Waals surface area contributed by atoms with Crippen molar-refractivity contribution in [1.82, 2.24) is 10.6 Å². The number of nitrogens with one attached hydrogen (secondary N) is 2. The van der Waals surface area contributed by atoms with Crippen molar-refractivity contribution in [3.8, 4) is 0 Å². The largest absolute Gasteiger partial charge is 0.461 e. The summed E-state index contributed by atoms with van der Waals surface area (Å²) in [4.78, 5) is 37.4. The molecule has 7 nitrogen and oxygen atoms in total. The highest BCUT2D eigenvalue weighted by Gasteiger charge is 2.18. The van der Waals surface area contributed by atoms with E-state index in [-0.39, 0.29) is 24.6 Å². The zero-order valence-corrected chi connectivity index (χ0v) is 18.7. The molecule has 0 aliphatic rings. The molecule has 7 heteroatoms. The summed E-state index contributed by atoms with van der Waals surface area (Å²) in [5.41, 5.74) is 3.41. The number of urea groups is 1. The lowest BCUT2D eigenvalue weighted by molar-refractivity contribution is -0.139. The fourth-order valence-corrected chi connectivity index (χ4v) is 2.64. The van der Waals surface area contributed by atoms with Crippen molar-refractivity contribution in [2.24, 2.45) is 0 Å². The van der Waals surface area contributed by atoms with Crippen LogP contribution in [0.15, 0.2) is 59.9 Å². The van der Waals surface area contributed by atoms with Crippen LogP contribution >= 0.6 is 0 Å². The number of aryl methyl sites for hydroxylation is 2. The third-order valence-electron chi connectivity index (χ3n) is 4.26. The van der Waals surface area contributed by atoms with Gasteiger partial charge in [-0.25, -0.2) is 14.4 Å². The Balaban J connectivity index is 2.26. The van der Waals surface area contributed by atoms with Gasteiger partial charge in [0.15, 0.2) is 0 Å². The molecule has 0 unspecified atom stereocenters. The lowest BCUT2D eigenvalue weighted by atomic mass is 10.1. The van der Waals surface area contributed by atoms with Crippen LogP contribution in [0.1, 0.15) is 36.1 Å². The Labute approximate surface area is 188 Å². The minimum Gasteiger partial charge on any atom is -0.461 e. The first-order valence-corrected chi connectivity index (χ1v) is 10.3. The summed E-state index contributed by atoms with van der Waals surface area (Å²) in [6.45, 7) is 7.53. The summed E-state index contributed by atoms with van der Waals surface area (Å²) >= 11 is 0. The summed E-state index contributed by atoms with van der Waals surface area (Å²) < 4.78 is 10.1. The highest BCUT2D eigenvalue weighted by molar-refractivity contribution is 6.01. The molecule has 0 fully saturated rings. The number of hydrogen-bond donors (Lipinski definition) is 2. The van der Waals surface area contributed by atoms with E-state index in [4.69, 9.17) is 9.47 Å². The molecule has 0 heterocycles. The Hall–Kier alpha value is -3.87. The summed E-state index contributed by atoms with van der Waals surface area (Å²) in [6, 6.07) is 14.0. The van der Waals surface area contributed by atoms with Crippen LogP contribution in [0.25, 0.3) is 12.2 Å². The molecular weight excluding hydrogens is 408 g/mol. The molecule has 0 aromatic heterocycles. The highest BCUT2D eigenvalue weighted by Crippen LogP contribution is 2.11. The van der Waals surface area contributed by atoms with Crippen LogP contribution in [0, 0.1) is 13.8 Å². The van der Waals surface area contributed by atoms with Gasteiger partial charge >= 0.3 is 18.0 Å². The predicted octanol–water partition coefficient (Wildman–Crippen LogP) is 4.11. The van der Waals surface area contributed by atoms with E-state index in [1.807, 2.05) is 62.4 Å². The van der Waals surface area contributed by atoms with E-state index in [2.05, 4.69) is 10.6 Å². The number of carbonyl (C=O) groups excluding carboxylic acids is 3. The number of amides is 2. The van der Waals surface area contributed by atoms with Gasteiger partial charge in [-0.05, 0) is 51.0 Å². The second-order valence-electron chi connectivity index (χ2n) is 6.96. The monoisotopic (exact) mass is 436 g/mol. The molecule has 0 spiro atoms. The van der Waals surface area contributed by atoms with Crippen LogP contribution in [-0.4, -0.2) is 31.2 Å². The van der Waals surface area contributed by atoms with Crippen molar-refractivity contribution in [3.05, 3.63) is 82.2 Å². The second-order valence-corrected chi connectivity index (χ2v) is 6.96. The van der Waals surface area contributed by atoms with Crippen molar-refractivity contribution in [2.75, 3.05) is 13.2 Å². The molecule has 2 rings (SSSR count). The minimum atomic E-state index is -0.775. The van der Waals surface area contributed by atoms with E-state index in [1.165, 1.54) is 12.2 Å². The van der Waals surface area contributed by atoms with E-state index in [0.29, 0.717) is 11.1 Å². The number of carbonyl (C=O) groups is 3. The Morgan fingerprint density at radius 3 is 1.34 bits per heavy atom. The van der Waals surface area contributed by atoms with Gasteiger partial charge in [0.2, 0.25) is 0 Å². The quantitative estimate of drug-likeness (QED) is 0.480. The molecule has 32 heavy (non-hydrogen) atoms. The molecule has 0 bridgehead atoms. The van der Waals surface area contributed by atoms with Gasteiger partial charge in [-0.3, -0.25) is 0 Å². The minimum absolute atomic E-state index is 0.0632. The van der Waals surface area contributed by atoms with Crippen LogP contribution in [-0.2, 0) is 19.1 Å². The van der Waals surface area contributed by atoms with E-state index < -0.39 is 18.0 Å². The first kappa shape index (κ1) is 24.4. The van der Waals surface area contributed by atoms with Gasteiger partial charge in [-0.15, -0.1) is 0 Å². The van der Waals surface area contributed by atoms with Crippen LogP contribution in [0.2, 0.25) is 0 Å². The molecule has 2 aromatic rings. The number of ether oxygens (including phenoxy) is 2. The third-order valence-corrected chi connectivity index (χ3v) is 4.26. The van der Waals surface area contributed by atoms with Crippen molar-refractivity contribution in [1.29, 1.82) is 0 Å². The first-order chi connectivity index (χ1) is 15.3. The van der Waals surface area contributed by atoms with E-state index >= 15 is 0 Å². The number of benzene rings is 2. The molecule has 0 saturated heterocycles. The maximum atomic E-state index is 12.7. The summed E-state index contributed by atoms with van der Waals surface area (Å²) in [5, 5.41) is 4.95. The number of hydrogen-bond acceptors (Lipinski definition) is 5. The zero-order valence-electron chi connectivity index (χ0n) is 18.7. The van der Waals surface area contributed by atoms with Gasteiger partial charge in [-0.2, -0.15) is 0 Å². The van der Waals surface area contributed by atoms with Crippen molar-refractivity contribution >= 4 is 30.1 Å². The molecule has 2 aromatic carbocycles. The molecule has 0 radical (unpaired) electrons. The third kappa shape index (κ3) is 7.75. The number of rotatable bonds is 8. The fourth-order valence-electron chi connectivity index (χ4n) is 2.64. The van der Waals surface area contributed by atoms with Crippen LogP contribution < -0.4 is 10.6 Å². The lowest BCUT2D eigenvalue weighted by Crippen LogP contribution is -2.39. The second kappa shape index (κ2) is 12.1. The highest BCUT2D eigenvalue weighted by atomic mass is 16.5. The topological polar surface area (TPSA) is 93.7 Å². The smallest absolute Gasteiger partial charge is 0.354 e. The molecule has 168 valence electrons. The average Bonchev–Trinajstić information content (AvgIpc) is 2.76. The SMILES string of the molecule is CCOC(=O)/C(=C/c1ccc(C)cc1)NC(=O)N/C(=C\c1ccc(C)cc1)C(=O)OCC. The Morgan fingerprint density at radius 1 is 0.688 bits per heavy atom.